The van der Waals surface area contributed by atoms with Gasteiger partial charge in [0.15, 0.2) is 6.61 Å². The van der Waals surface area contributed by atoms with E-state index in [2.05, 4.69) is 5.32 Å². The number of carbonyl (C=O) groups excluding carboxylic acids is 2. The zero-order valence-corrected chi connectivity index (χ0v) is 15.8. The minimum absolute atomic E-state index is 0.246. The molecule has 0 heterocycles. The Morgan fingerprint density at radius 1 is 1.21 bits per heavy atom. The zero-order valence-electron chi connectivity index (χ0n) is 15.0. The maximum Gasteiger partial charge on any atom is 0.317 e. The molecular weight excluding hydrogens is 383 g/mol. The van der Waals surface area contributed by atoms with Crippen molar-refractivity contribution in [2.24, 2.45) is 0 Å². The molecule has 0 spiro atoms. The van der Waals surface area contributed by atoms with Gasteiger partial charge in [-0.15, -0.1) is 0 Å². The quantitative estimate of drug-likeness (QED) is 0.757. The van der Waals surface area contributed by atoms with E-state index >= 15 is 0 Å². The van der Waals surface area contributed by atoms with Gasteiger partial charge in [-0.2, -0.15) is 5.26 Å². The number of carbonyl (C=O) groups is 2. The van der Waals surface area contributed by atoms with E-state index in [0.717, 1.165) is 12.8 Å². The highest BCUT2D eigenvalue weighted by Crippen LogP contribution is 2.42. The summed E-state index contributed by atoms with van der Waals surface area (Å²) in [6.45, 7) is -0.507. The highest BCUT2D eigenvalue weighted by atomic mass is 35.5. The SMILES string of the molecule is N#Cc1ccc(Cl)cc1NC(=O)COC(=O)C1(c2cccc(F)c2)CCCC1. The standard InChI is InChI=1S/C21H18ClFN2O3/c22-16-7-6-14(12-24)18(11-16)25-19(26)13-28-20(27)21(8-1-2-9-21)15-4-3-5-17(23)10-15/h3-7,10-11H,1-2,8-9,13H2,(H,25,26). The second kappa shape index (κ2) is 8.41. The summed E-state index contributed by atoms with van der Waals surface area (Å²) in [5.74, 6) is -1.55. The van der Waals surface area contributed by atoms with Crippen LogP contribution in [0.1, 0.15) is 36.8 Å². The third kappa shape index (κ3) is 4.15. The number of ether oxygens (including phenoxy) is 1. The summed E-state index contributed by atoms with van der Waals surface area (Å²) in [6.07, 6.45) is 2.74. The van der Waals surface area contributed by atoms with E-state index in [1.54, 1.807) is 18.2 Å². The number of hydrogen-bond donors (Lipinski definition) is 1. The molecule has 1 amide bonds. The predicted molar refractivity (Wildman–Crippen MR) is 102 cm³/mol. The van der Waals surface area contributed by atoms with Crippen molar-refractivity contribution in [2.75, 3.05) is 11.9 Å². The number of nitrogens with zero attached hydrogens (tertiary/aromatic N) is 1. The van der Waals surface area contributed by atoms with Crippen LogP contribution in [0.5, 0.6) is 0 Å². The molecule has 3 rings (SSSR count). The molecule has 2 aromatic rings. The average Bonchev–Trinajstić information content (AvgIpc) is 3.17. The zero-order chi connectivity index (χ0) is 20.1. The highest BCUT2D eigenvalue weighted by molar-refractivity contribution is 6.31. The lowest BCUT2D eigenvalue weighted by molar-refractivity contribution is -0.153. The van der Waals surface area contributed by atoms with Crippen molar-refractivity contribution >= 4 is 29.2 Å². The average molecular weight is 401 g/mol. The highest BCUT2D eigenvalue weighted by Gasteiger charge is 2.44. The Labute approximate surface area is 167 Å². The lowest BCUT2D eigenvalue weighted by Gasteiger charge is -2.27. The lowest BCUT2D eigenvalue weighted by atomic mass is 9.79. The molecule has 0 bridgehead atoms. The number of esters is 1. The number of halogens is 2. The van der Waals surface area contributed by atoms with Crippen molar-refractivity contribution in [1.29, 1.82) is 5.26 Å². The Balaban J connectivity index is 1.70. The van der Waals surface area contributed by atoms with Crippen molar-refractivity contribution < 1.29 is 18.7 Å². The van der Waals surface area contributed by atoms with Gasteiger partial charge in [0.25, 0.3) is 5.91 Å². The van der Waals surface area contributed by atoms with Gasteiger partial charge >= 0.3 is 5.97 Å². The first-order valence-corrected chi connectivity index (χ1v) is 9.25. The molecule has 1 aliphatic rings. The summed E-state index contributed by atoms with van der Waals surface area (Å²) in [7, 11) is 0. The number of amides is 1. The van der Waals surface area contributed by atoms with E-state index < -0.39 is 29.7 Å². The van der Waals surface area contributed by atoms with Crippen LogP contribution in [0.4, 0.5) is 10.1 Å². The van der Waals surface area contributed by atoms with Gasteiger partial charge in [-0.1, -0.05) is 36.6 Å². The van der Waals surface area contributed by atoms with E-state index in [4.69, 9.17) is 21.6 Å². The number of nitriles is 1. The Morgan fingerprint density at radius 2 is 1.96 bits per heavy atom. The van der Waals surface area contributed by atoms with Gasteiger partial charge in [-0.25, -0.2) is 4.39 Å². The lowest BCUT2D eigenvalue weighted by Crippen LogP contribution is -2.36. The van der Waals surface area contributed by atoms with Gasteiger partial charge in [0, 0.05) is 5.02 Å². The predicted octanol–water partition coefficient (Wildman–Crippen LogP) is 4.34. The molecule has 0 atom stereocenters. The van der Waals surface area contributed by atoms with Crippen LogP contribution >= 0.6 is 11.6 Å². The Bertz CT molecular complexity index is 949. The van der Waals surface area contributed by atoms with Crippen molar-refractivity contribution in [3.63, 3.8) is 0 Å². The van der Waals surface area contributed by atoms with E-state index in [9.17, 15) is 14.0 Å². The van der Waals surface area contributed by atoms with Crippen LogP contribution in [0.3, 0.4) is 0 Å². The molecular formula is C21H18ClFN2O3. The first kappa shape index (κ1) is 19.8. The summed E-state index contributed by atoms with van der Waals surface area (Å²) in [5, 5.41) is 12.0. The third-order valence-corrected chi connectivity index (χ3v) is 5.17. The van der Waals surface area contributed by atoms with Gasteiger partial charge in [0.05, 0.1) is 16.7 Å². The molecule has 2 aromatic carbocycles. The first-order valence-electron chi connectivity index (χ1n) is 8.87. The van der Waals surface area contributed by atoms with E-state index in [1.165, 1.54) is 24.3 Å². The number of rotatable bonds is 5. The van der Waals surface area contributed by atoms with Crippen molar-refractivity contribution in [2.45, 2.75) is 31.1 Å². The first-order chi connectivity index (χ1) is 13.4. The van der Waals surface area contributed by atoms with Crippen LogP contribution in [-0.2, 0) is 19.7 Å². The molecule has 144 valence electrons. The molecule has 1 saturated carbocycles. The summed E-state index contributed by atoms with van der Waals surface area (Å²) in [6, 6.07) is 12.4. The number of anilines is 1. The summed E-state index contributed by atoms with van der Waals surface area (Å²) < 4.78 is 18.9. The van der Waals surface area contributed by atoms with Gasteiger partial charge in [0.1, 0.15) is 11.9 Å². The summed E-state index contributed by atoms with van der Waals surface area (Å²) in [5.41, 5.74) is 0.126. The van der Waals surface area contributed by atoms with E-state index in [0.29, 0.717) is 23.4 Å². The topological polar surface area (TPSA) is 79.2 Å². The van der Waals surface area contributed by atoms with Crippen LogP contribution in [0, 0.1) is 17.1 Å². The molecule has 0 unspecified atom stereocenters. The molecule has 28 heavy (non-hydrogen) atoms. The van der Waals surface area contributed by atoms with Crippen LogP contribution in [-0.4, -0.2) is 18.5 Å². The van der Waals surface area contributed by atoms with Gasteiger partial charge in [-0.05, 0) is 48.7 Å². The largest absolute Gasteiger partial charge is 0.455 e. The Kier molecular flexibility index (Phi) is 5.96. The van der Waals surface area contributed by atoms with Crippen molar-refractivity contribution in [1.82, 2.24) is 0 Å². The normalized spacial score (nSPS) is 14.9. The monoisotopic (exact) mass is 400 g/mol. The molecule has 5 nitrogen and oxygen atoms in total. The van der Waals surface area contributed by atoms with Crippen LogP contribution < -0.4 is 5.32 Å². The minimum Gasteiger partial charge on any atom is -0.455 e. The van der Waals surface area contributed by atoms with Gasteiger partial charge < -0.3 is 10.1 Å². The molecule has 0 radical (unpaired) electrons. The maximum atomic E-state index is 13.7. The molecule has 7 heteroatoms. The Hall–Kier alpha value is -2.91. The molecule has 0 saturated heterocycles. The van der Waals surface area contributed by atoms with Crippen LogP contribution in [0.2, 0.25) is 5.02 Å². The fourth-order valence-electron chi connectivity index (χ4n) is 3.55. The summed E-state index contributed by atoms with van der Waals surface area (Å²) >= 11 is 5.89. The molecule has 0 aliphatic heterocycles. The van der Waals surface area contributed by atoms with Crippen LogP contribution in [0.25, 0.3) is 0 Å². The van der Waals surface area contributed by atoms with Crippen LogP contribution in [0.15, 0.2) is 42.5 Å². The van der Waals surface area contributed by atoms with Gasteiger partial charge in [0.2, 0.25) is 0 Å². The second-order valence-corrected chi connectivity index (χ2v) is 7.16. The molecule has 1 N–H and O–H groups in total. The van der Waals surface area contributed by atoms with E-state index in [1.807, 2.05) is 6.07 Å². The smallest absolute Gasteiger partial charge is 0.317 e. The number of hydrogen-bond acceptors (Lipinski definition) is 4. The molecule has 1 aliphatic carbocycles. The maximum absolute atomic E-state index is 13.7. The van der Waals surface area contributed by atoms with E-state index in [-0.39, 0.29) is 11.3 Å². The van der Waals surface area contributed by atoms with Gasteiger partial charge in [-0.3, -0.25) is 9.59 Å². The molecule has 1 fully saturated rings. The molecule has 0 aromatic heterocycles. The minimum atomic E-state index is -0.934. The summed E-state index contributed by atoms with van der Waals surface area (Å²) in [4.78, 5) is 25.0. The third-order valence-electron chi connectivity index (χ3n) is 4.94. The number of benzene rings is 2. The fourth-order valence-corrected chi connectivity index (χ4v) is 3.72. The second-order valence-electron chi connectivity index (χ2n) is 6.73. The van der Waals surface area contributed by atoms with Crippen molar-refractivity contribution in [3.8, 4) is 6.07 Å². The fraction of sp³-hybridized carbons (Fsp3) is 0.286. The number of nitrogens with one attached hydrogen (secondary N) is 1. The van der Waals surface area contributed by atoms with Crippen molar-refractivity contribution in [3.05, 3.63) is 64.4 Å². The Morgan fingerprint density at radius 3 is 2.64 bits per heavy atom.